The fourth-order valence-corrected chi connectivity index (χ4v) is 2.07. The van der Waals surface area contributed by atoms with Gasteiger partial charge in [-0.25, -0.2) is 4.79 Å². The van der Waals surface area contributed by atoms with Crippen LogP contribution in [0.5, 0.6) is 5.75 Å². The number of carbonyl (C=O) groups is 1. The van der Waals surface area contributed by atoms with Crippen molar-refractivity contribution in [3.8, 4) is 5.75 Å². The maximum Gasteiger partial charge on any atom is 0.347 e. The predicted molar refractivity (Wildman–Crippen MR) is 78.2 cm³/mol. The van der Waals surface area contributed by atoms with Gasteiger partial charge in [0.2, 0.25) is 0 Å². The van der Waals surface area contributed by atoms with Crippen LogP contribution in [0.15, 0.2) is 22.7 Å². The molecule has 0 aliphatic heterocycles. The van der Waals surface area contributed by atoms with Crippen LogP contribution in [0.2, 0.25) is 0 Å². The molecule has 1 N–H and O–H groups in total. The van der Waals surface area contributed by atoms with Gasteiger partial charge in [0, 0.05) is 12.1 Å². The molecule has 0 aliphatic carbocycles. The Morgan fingerprint density at radius 2 is 2.16 bits per heavy atom. The Morgan fingerprint density at radius 3 is 2.79 bits per heavy atom. The van der Waals surface area contributed by atoms with Gasteiger partial charge in [0.15, 0.2) is 6.10 Å². The Kier molecular flexibility index (Phi) is 6.87. The van der Waals surface area contributed by atoms with Crippen molar-refractivity contribution in [1.82, 2.24) is 5.32 Å². The van der Waals surface area contributed by atoms with Crippen LogP contribution in [-0.2, 0) is 16.1 Å². The molecule has 0 heterocycles. The molecule has 1 unspecified atom stereocenters. The normalized spacial score (nSPS) is 12.0. The predicted octanol–water partition coefficient (Wildman–Crippen LogP) is 2.89. The minimum Gasteiger partial charge on any atom is -0.478 e. The highest BCUT2D eigenvalue weighted by atomic mass is 79.9. The topological polar surface area (TPSA) is 47.6 Å². The van der Waals surface area contributed by atoms with Crippen molar-refractivity contribution in [2.24, 2.45) is 0 Å². The average Bonchev–Trinajstić information content (AvgIpc) is 2.39. The van der Waals surface area contributed by atoms with E-state index in [2.05, 4.69) is 21.2 Å². The molecule has 0 aliphatic rings. The summed E-state index contributed by atoms with van der Waals surface area (Å²) in [5, 5.41) is 3.24. The van der Waals surface area contributed by atoms with E-state index in [9.17, 15) is 4.79 Å². The zero-order chi connectivity index (χ0) is 14.3. The maximum atomic E-state index is 11.6. The first-order valence-corrected chi connectivity index (χ1v) is 7.20. The second-order valence-electron chi connectivity index (χ2n) is 4.02. The van der Waals surface area contributed by atoms with Crippen molar-refractivity contribution >= 4 is 21.9 Å². The number of para-hydroxylation sites is 1. The molecule has 0 saturated heterocycles. The van der Waals surface area contributed by atoms with E-state index in [-0.39, 0.29) is 5.97 Å². The van der Waals surface area contributed by atoms with Gasteiger partial charge in [-0.2, -0.15) is 0 Å². The first kappa shape index (κ1) is 16.0. The summed E-state index contributed by atoms with van der Waals surface area (Å²) in [5.41, 5.74) is 1.01. The van der Waals surface area contributed by atoms with Crippen LogP contribution >= 0.6 is 15.9 Å². The van der Waals surface area contributed by atoms with Gasteiger partial charge in [0.25, 0.3) is 0 Å². The summed E-state index contributed by atoms with van der Waals surface area (Å²) in [4.78, 5) is 11.6. The first-order chi connectivity index (χ1) is 9.10. The summed E-state index contributed by atoms with van der Waals surface area (Å²) in [6, 6.07) is 5.81. The molecular weight excluding hydrogens is 310 g/mol. The molecule has 4 nitrogen and oxygen atoms in total. The van der Waals surface area contributed by atoms with Crippen LogP contribution < -0.4 is 10.1 Å². The molecule has 5 heteroatoms. The second-order valence-corrected chi connectivity index (χ2v) is 4.87. The Balaban J connectivity index is 2.83. The summed E-state index contributed by atoms with van der Waals surface area (Å²) < 4.78 is 11.5. The Labute approximate surface area is 122 Å². The number of hydrogen-bond acceptors (Lipinski definition) is 4. The van der Waals surface area contributed by atoms with E-state index in [0.717, 1.165) is 16.6 Å². The zero-order valence-electron chi connectivity index (χ0n) is 11.5. The highest BCUT2D eigenvalue weighted by molar-refractivity contribution is 9.10. The van der Waals surface area contributed by atoms with Crippen molar-refractivity contribution in [3.63, 3.8) is 0 Å². The third-order valence-electron chi connectivity index (χ3n) is 2.53. The molecule has 0 bridgehead atoms. The lowest BCUT2D eigenvalue weighted by Crippen LogP contribution is -2.27. The van der Waals surface area contributed by atoms with Gasteiger partial charge in [-0.3, -0.25) is 0 Å². The smallest absolute Gasteiger partial charge is 0.347 e. The maximum absolute atomic E-state index is 11.6. The highest BCUT2D eigenvalue weighted by Crippen LogP contribution is 2.30. The lowest BCUT2D eigenvalue weighted by molar-refractivity contribution is -0.150. The van der Waals surface area contributed by atoms with Crippen molar-refractivity contribution in [3.05, 3.63) is 28.2 Å². The molecule has 1 atom stereocenters. The standard InChI is InChI=1S/C14H20BrNO3/c1-4-16-9-11-7-6-8-12(15)13(11)19-10(3)14(17)18-5-2/h6-8,10,16H,4-5,9H2,1-3H3. The molecule has 0 fully saturated rings. The minimum absolute atomic E-state index is 0.354. The van der Waals surface area contributed by atoms with E-state index in [1.165, 1.54) is 0 Å². The van der Waals surface area contributed by atoms with Crippen molar-refractivity contribution in [2.75, 3.05) is 13.2 Å². The van der Waals surface area contributed by atoms with Crippen LogP contribution in [0.4, 0.5) is 0 Å². The van der Waals surface area contributed by atoms with Gasteiger partial charge in [-0.15, -0.1) is 0 Å². The molecule has 19 heavy (non-hydrogen) atoms. The summed E-state index contributed by atoms with van der Waals surface area (Å²) in [6.07, 6.45) is -0.626. The number of nitrogens with one attached hydrogen (secondary N) is 1. The molecule has 106 valence electrons. The summed E-state index contributed by atoms with van der Waals surface area (Å²) in [5.74, 6) is 0.330. The van der Waals surface area contributed by atoms with Crippen LogP contribution in [0.1, 0.15) is 26.3 Å². The second kappa shape index (κ2) is 8.17. The molecule has 1 aromatic rings. The quantitative estimate of drug-likeness (QED) is 0.781. The number of benzene rings is 1. The summed E-state index contributed by atoms with van der Waals surface area (Å²) >= 11 is 3.45. The number of carbonyl (C=O) groups excluding carboxylic acids is 1. The number of ether oxygens (including phenoxy) is 2. The Morgan fingerprint density at radius 1 is 1.42 bits per heavy atom. The lowest BCUT2D eigenvalue weighted by atomic mass is 10.2. The largest absolute Gasteiger partial charge is 0.478 e. The fourth-order valence-electron chi connectivity index (χ4n) is 1.57. The van der Waals surface area contributed by atoms with Gasteiger partial charge >= 0.3 is 5.97 Å². The number of hydrogen-bond donors (Lipinski definition) is 1. The molecule has 0 saturated carbocycles. The third kappa shape index (κ3) is 4.84. The van der Waals surface area contributed by atoms with E-state index in [1.54, 1.807) is 13.8 Å². The zero-order valence-corrected chi connectivity index (χ0v) is 13.1. The van der Waals surface area contributed by atoms with E-state index < -0.39 is 6.10 Å². The van der Waals surface area contributed by atoms with Crippen LogP contribution in [0, 0.1) is 0 Å². The van der Waals surface area contributed by atoms with Crippen LogP contribution in [-0.4, -0.2) is 25.2 Å². The number of rotatable bonds is 7. The number of esters is 1. The number of halogens is 1. The minimum atomic E-state index is -0.626. The van der Waals surface area contributed by atoms with Gasteiger partial charge in [-0.05, 0) is 42.4 Å². The van der Waals surface area contributed by atoms with Gasteiger partial charge in [0.1, 0.15) is 5.75 Å². The SMILES string of the molecule is CCNCc1cccc(Br)c1OC(C)C(=O)OCC. The van der Waals surface area contributed by atoms with Gasteiger partial charge in [-0.1, -0.05) is 19.1 Å². The van der Waals surface area contributed by atoms with Crippen molar-refractivity contribution in [1.29, 1.82) is 0 Å². The fraction of sp³-hybridized carbons (Fsp3) is 0.500. The Hall–Kier alpha value is -1.07. The monoisotopic (exact) mass is 329 g/mol. The molecule has 0 spiro atoms. The molecule has 1 rings (SSSR count). The van der Waals surface area contributed by atoms with Crippen molar-refractivity contribution in [2.45, 2.75) is 33.4 Å². The van der Waals surface area contributed by atoms with Gasteiger partial charge in [0.05, 0.1) is 11.1 Å². The summed E-state index contributed by atoms with van der Waals surface area (Å²) in [6.45, 7) is 7.43. The van der Waals surface area contributed by atoms with E-state index >= 15 is 0 Å². The van der Waals surface area contributed by atoms with E-state index in [0.29, 0.717) is 18.9 Å². The Bertz CT molecular complexity index is 423. The average molecular weight is 330 g/mol. The lowest BCUT2D eigenvalue weighted by Gasteiger charge is -2.17. The van der Waals surface area contributed by atoms with Crippen molar-refractivity contribution < 1.29 is 14.3 Å². The first-order valence-electron chi connectivity index (χ1n) is 6.41. The molecule has 0 amide bonds. The summed E-state index contributed by atoms with van der Waals surface area (Å²) in [7, 11) is 0. The molecular formula is C14H20BrNO3. The van der Waals surface area contributed by atoms with E-state index in [1.807, 2.05) is 25.1 Å². The molecule has 0 radical (unpaired) electrons. The molecule has 1 aromatic carbocycles. The van der Waals surface area contributed by atoms with Crippen LogP contribution in [0.3, 0.4) is 0 Å². The van der Waals surface area contributed by atoms with Crippen LogP contribution in [0.25, 0.3) is 0 Å². The highest BCUT2D eigenvalue weighted by Gasteiger charge is 2.18. The molecule has 0 aromatic heterocycles. The van der Waals surface area contributed by atoms with Gasteiger partial charge < -0.3 is 14.8 Å². The van der Waals surface area contributed by atoms with E-state index in [4.69, 9.17) is 9.47 Å². The third-order valence-corrected chi connectivity index (χ3v) is 3.15.